The van der Waals surface area contributed by atoms with Crippen LogP contribution in [-0.4, -0.2) is 29.7 Å². The molecule has 2 amide bonds. The number of benzene rings is 1. The lowest BCUT2D eigenvalue weighted by molar-refractivity contribution is 0.0696. The third-order valence-electron chi connectivity index (χ3n) is 2.96. The Kier molecular flexibility index (Phi) is 6.82. The van der Waals surface area contributed by atoms with Gasteiger partial charge in [0.25, 0.3) is 0 Å². The average Bonchev–Trinajstić information content (AvgIpc) is 2.47. The molecule has 21 heavy (non-hydrogen) atoms. The van der Waals surface area contributed by atoms with Crippen molar-refractivity contribution in [1.29, 1.82) is 0 Å². The summed E-state index contributed by atoms with van der Waals surface area (Å²) in [6, 6.07) is 6.09. The molecule has 0 aliphatic heterocycles. The summed E-state index contributed by atoms with van der Waals surface area (Å²) in [5, 5.41) is 14.3. The molecular weight excluding hydrogens is 268 g/mol. The van der Waals surface area contributed by atoms with Gasteiger partial charge in [0.2, 0.25) is 0 Å². The summed E-state index contributed by atoms with van der Waals surface area (Å²) in [7, 11) is 0. The summed E-state index contributed by atoms with van der Waals surface area (Å²) in [5.74, 6) is 1.57. The van der Waals surface area contributed by atoms with E-state index in [1.165, 1.54) is 6.07 Å². The first-order chi connectivity index (χ1) is 10.1. The molecule has 0 aliphatic carbocycles. The summed E-state index contributed by atoms with van der Waals surface area (Å²) in [4.78, 5) is 22.5. The van der Waals surface area contributed by atoms with E-state index in [0.717, 1.165) is 18.4 Å². The third kappa shape index (κ3) is 6.00. The van der Waals surface area contributed by atoms with Crippen LogP contribution in [0.4, 0.5) is 4.79 Å². The number of carboxylic acid groups (broad SMARTS) is 1. The Hall–Kier alpha value is -2.48. The number of nitrogens with one attached hydrogen (secondary N) is 2. The van der Waals surface area contributed by atoms with Crippen molar-refractivity contribution in [3.63, 3.8) is 0 Å². The highest BCUT2D eigenvalue weighted by Gasteiger charge is 2.08. The smallest absolute Gasteiger partial charge is 0.335 e. The zero-order valence-corrected chi connectivity index (χ0v) is 12.1. The Bertz CT molecular complexity index is 535. The molecule has 0 radical (unpaired) electrons. The van der Waals surface area contributed by atoms with Crippen molar-refractivity contribution >= 4 is 12.0 Å². The van der Waals surface area contributed by atoms with Crippen LogP contribution < -0.4 is 10.6 Å². The van der Waals surface area contributed by atoms with E-state index in [4.69, 9.17) is 11.5 Å². The van der Waals surface area contributed by atoms with Crippen LogP contribution in [0.2, 0.25) is 0 Å². The Morgan fingerprint density at radius 2 is 2.19 bits per heavy atom. The maximum Gasteiger partial charge on any atom is 0.335 e. The van der Waals surface area contributed by atoms with Crippen LogP contribution in [0, 0.1) is 12.3 Å². The van der Waals surface area contributed by atoms with Gasteiger partial charge in [0.15, 0.2) is 0 Å². The van der Waals surface area contributed by atoms with Gasteiger partial charge in [-0.1, -0.05) is 31.4 Å². The highest BCUT2D eigenvalue weighted by Crippen LogP contribution is 2.05. The Morgan fingerprint density at radius 1 is 1.43 bits per heavy atom. The highest BCUT2D eigenvalue weighted by molar-refractivity contribution is 5.87. The SMILES string of the molecule is C#CC(CCC)NC(=O)NCCc1cccc(C(=O)O)c1. The quantitative estimate of drug-likeness (QED) is 0.672. The standard InChI is InChI=1S/C16H20N2O3/c1-3-6-14(4-2)18-16(21)17-10-9-12-7-5-8-13(11-12)15(19)20/h2,5,7-8,11,14H,3,6,9-10H2,1H3,(H,19,20)(H2,17,18,21). The van der Waals surface area contributed by atoms with E-state index in [0.29, 0.717) is 13.0 Å². The van der Waals surface area contributed by atoms with Crippen LogP contribution in [-0.2, 0) is 6.42 Å². The number of terminal acetylenes is 1. The molecule has 1 unspecified atom stereocenters. The van der Waals surface area contributed by atoms with E-state index < -0.39 is 5.97 Å². The molecule has 0 saturated heterocycles. The van der Waals surface area contributed by atoms with Gasteiger partial charge in [-0.15, -0.1) is 6.42 Å². The van der Waals surface area contributed by atoms with Crippen molar-refractivity contribution < 1.29 is 14.7 Å². The molecule has 1 atom stereocenters. The topological polar surface area (TPSA) is 78.4 Å². The number of hydrogen-bond donors (Lipinski definition) is 3. The van der Waals surface area contributed by atoms with Gasteiger partial charge in [0.05, 0.1) is 11.6 Å². The maximum absolute atomic E-state index is 11.6. The molecule has 5 heteroatoms. The zero-order chi connectivity index (χ0) is 15.7. The van der Waals surface area contributed by atoms with Crippen molar-refractivity contribution in [3.8, 4) is 12.3 Å². The molecule has 0 fully saturated rings. The minimum absolute atomic E-state index is 0.243. The fourth-order valence-electron chi connectivity index (χ4n) is 1.88. The van der Waals surface area contributed by atoms with Crippen LogP contribution in [0.3, 0.4) is 0 Å². The number of amides is 2. The van der Waals surface area contributed by atoms with Gasteiger partial charge in [-0.3, -0.25) is 0 Å². The fourth-order valence-corrected chi connectivity index (χ4v) is 1.88. The summed E-state index contributed by atoms with van der Waals surface area (Å²) < 4.78 is 0. The zero-order valence-electron chi connectivity index (χ0n) is 12.1. The maximum atomic E-state index is 11.6. The number of carbonyl (C=O) groups is 2. The molecule has 0 heterocycles. The second kappa shape index (κ2) is 8.64. The first-order valence-electron chi connectivity index (χ1n) is 6.89. The second-order valence-corrected chi connectivity index (χ2v) is 4.66. The molecule has 5 nitrogen and oxygen atoms in total. The van der Waals surface area contributed by atoms with E-state index in [1.807, 2.05) is 13.0 Å². The minimum Gasteiger partial charge on any atom is -0.478 e. The molecule has 1 aromatic rings. The predicted molar refractivity (Wildman–Crippen MR) is 81.2 cm³/mol. The lowest BCUT2D eigenvalue weighted by atomic mass is 10.1. The molecule has 1 rings (SSSR count). The van der Waals surface area contributed by atoms with E-state index in [1.54, 1.807) is 12.1 Å². The van der Waals surface area contributed by atoms with E-state index in [9.17, 15) is 9.59 Å². The number of hydrogen-bond acceptors (Lipinski definition) is 2. The molecular formula is C16H20N2O3. The average molecular weight is 288 g/mol. The van der Waals surface area contributed by atoms with Crippen LogP contribution in [0.25, 0.3) is 0 Å². The molecule has 112 valence electrons. The monoisotopic (exact) mass is 288 g/mol. The number of carboxylic acids is 1. The van der Waals surface area contributed by atoms with Gasteiger partial charge in [0, 0.05) is 6.54 Å². The van der Waals surface area contributed by atoms with Crippen LogP contribution in [0.5, 0.6) is 0 Å². The van der Waals surface area contributed by atoms with Crippen molar-refractivity contribution in [1.82, 2.24) is 10.6 Å². The summed E-state index contributed by atoms with van der Waals surface area (Å²) >= 11 is 0. The lowest BCUT2D eigenvalue weighted by Crippen LogP contribution is -2.42. The molecule has 0 saturated carbocycles. The van der Waals surface area contributed by atoms with Gasteiger partial charge in [-0.2, -0.15) is 0 Å². The van der Waals surface area contributed by atoms with Gasteiger partial charge >= 0.3 is 12.0 Å². The first kappa shape index (κ1) is 16.6. The van der Waals surface area contributed by atoms with Gasteiger partial charge < -0.3 is 15.7 Å². The molecule has 0 spiro atoms. The minimum atomic E-state index is -0.959. The van der Waals surface area contributed by atoms with Crippen molar-refractivity contribution in [2.45, 2.75) is 32.2 Å². The lowest BCUT2D eigenvalue weighted by Gasteiger charge is -2.13. The summed E-state index contributed by atoms with van der Waals surface area (Å²) in [6.07, 6.45) is 7.52. The number of aromatic carboxylic acids is 1. The molecule has 1 aromatic carbocycles. The van der Waals surface area contributed by atoms with Crippen molar-refractivity contribution in [3.05, 3.63) is 35.4 Å². The van der Waals surface area contributed by atoms with E-state index >= 15 is 0 Å². The normalized spacial score (nSPS) is 11.2. The van der Waals surface area contributed by atoms with Gasteiger partial charge in [-0.05, 0) is 30.5 Å². The summed E-state index contributed by atoms with van der Waals surface area (Å²) in [5.41, 5.74) is 1.10. The molecule has 0 bridgehead atoms. The molecule has 0 aromatic heterocycles. The Balaban J connectivity index is 2.39. The molecule has 0 aliphatic rings. The largest absolute Gasteiger partial charge is 0.478 e. The second-order valence-electron chi connectivity index (χ2n) is 4.66. The Morgan fingerprint density at radius 3 is 2.81 bits per heavy atom. The number of urea groups is 1. The van der Waals surface area contributed by atoms with Crippen LogP contribution >= 0.6 is 0 Å². The van der Waals surface area contributed by atoms with Crippen molar-refractivity contribution in [2.75, 3.05) is 6.54 Å². The highest BCUT2D eigenvalue weighted by atomic mass is 16.4. The van der Waals surface area contributed by atoms with Crippen LogP contribution in [0.1, 0.15) is 35.7 Å². The fraction of sp³-hybridized carbons (Fsp3) is 0.375. The van der Waals surface area contributed by atoms with E-state index in [-0.39, 0.29) is 17.6 Å². The molecule has 3 N–H and O–H groups in total. The van der Waals surface area contributed by atoms with Crippen LogP contribution in [0.15, 0.2) is 24.3 Å². The van der Waals surface area contributed by atoms with Gasteiger partial charge in [-0.25, -0.2) is 9.59 Å². The summed E-state index contributed by atoms with van der Waals surface area (Å²) in [6.45, 7) is 2.41. The third-order valence-corrected chi connectivity index (χ3v) is 2.96. The van der Waals surface area contributed by atoms with Gasteiger partial charge in [0.1, 0.15) is 0 Å². The Labute approximate surface area is 124 Å². The number of rotatable bonds is 7. The van der Waals surface area contributed by atoms with E-state index in [2.05, 4.69) is 16.6 Å². The first-order valence-corrected chi connectivity index (χ1v) is 6.89. The number of carbonyl (C=O) groups excluding carboxylic acids is 1. The predicted octanol–water partition coefficient (Wildman–Crippen LogP) is 2.03. The van der Waals surface area contributed by atoms with Crippen molar-refractivity contribution in [2.24, 2.45) is 0 Å².